The molecule has 3 rings (SSSR count). The monoisotopic (exact) mass is 287 g/mol. The maximum atomic E-state index is 11.1. The molecule has 0 saturated carbocycles. The summed E-state index contributed by atoms with van der Waals surface area (Å²) in [7, 11) is 0. The second-order valence-electron chi connectivity index (χ2n) is 4.31. The van der Waals surface area contributed by atoms with Crippen LogP contribution in [0.4, 0.5) is 0 Å². The Morgan fingerprint density at radius 1 is 1.20 bits per heavy atom. The Bertz CT molecular complexity index is 798. The molecule has 0 spiro atoms. The molecule has 2 aromatic heterocycles. The lowest BCUT2D eigenvalue weighted by Crippen LogP contribution is -2.02. The van der Waals surface area contributed by atoms with Gasteiger partial charge in [-0.1, -0.05) is 29.8 Å². The summed E-state index contributed by atoms with van der Waals surface area (Å²) in [5, 5.41) is 17.8. The van der Waals surface area contributed by atoms with Crippen molar-refractivity contribution < 1.29 is 9.90 Å². The van der Waals surface area contributed by atoms with E-state index in [-0.39, 0.29) is 5.56 Å². The fourth-order valence-corrected chi connectivity index (χ4v) is 2.27. The number of fused-ring (bicyclic) bond motifs is 1. The van der Waals surface area contributed by atoms with Crippen molar-refractivity contribution in [3.8, 4) is 0 Å². The molecule has 1 N–H and O–H groups in total. The number of nitrogens with zero attached hydrogens (tertiary/aromatic N) is 3. The Kier molecular flexibility index (Phi) is 3.12. The van der Waals surface area contributed by atoms with Crippen LogP contribution in [0.15, 0.2) is 42.6 Å². The number of carboxylic acids is 1. The third kappa shape index (κ3) is 2.12. The molecule has 3 aromatic rings. The average molecular weight is 288 g/mol. The van der Waals surface area contributed by atoms with Gasteiger partial charge in [-0.3, -0.25) is 4.40 Å². The molecule has 0 aliphatic carbocycles. The fourth-order valence-electron chi connectivity index (χ4n) is 2.06. The van der Waals surface area contributed by atoms with Gasteiger partial charge in [0.25, 0.3) is 0 Å². The number of carboxylic acid groups (broad SMARTS) is 1. The second kappa shape index (κ2) is 4.94. The minimum absolute atomic E-state index is 0.130. The van der Waals surface area contributed by atoms with E-state index in [1.54, 1.807) is 16.7 Å². The fraction of sp³-hybridized carbons (Fsp3) is 0.0714. The average Bonchev–Trinajstić information content (AvgIpc) is 2.84. The van der Waals surface area contributed by atoms with E-state index in [1.165, 1.54) is 6.07 Å². The van der Waals surface area contributed by atoms with Crippen molar-refractivity contribution >= 4 is 23.2 Å². The van der Waals surface area contributed by atoms with Gasteiger partial charge in [0.1, 0.15) is 11.4 Å². The maximum absolute atomic E-state index is 11.1. The Hall–Kier alpha value is -2.40. The molecule has 2 heterocycles. The summed E-state index contributed by atoms with van der Waals surface area (Å²) >= 11 is 6.12. The number of aromatic nitrogens is 3. The molecular formula is C14H10ClN3O2. The zero-order valence-electron chi connectivity index (χ0n) is 10.3. The van der Waals surface area contributed by atoms with Crippen LogP contribution in [0, 0.1) is 0 Å². The highest BCUT2D eigenvalue weighted by Gasteiger charge is 2.14. The highest BCUT2D eigenvalue weighted by Crippen LogP contribution is 2.19. The number of rotatable bonds is 3. The largest absolute Gasteiger partial charge is 0.478 e. The maximum Gasteiger partial charge on any atom is 0.339 e. The molecule has 20 heavy (non-hydrogen) atoms. The molecule has 0 saturated heterocycles. The molecule has 0 radical (unpaired) electrons. The topological polar surface area (TPSA) is 67.5 Å². The highest BCUT2D eigenvalue weighted by molar-refractivity contribution is 6.31. The standard InChI is InChI=1S/C14H10ClN3O2/c15-11-6-2-1-4-9(11)8-12-16-17-13-10(14(19)20)5-3-7-18(12)13/h1-7H,8H2,(H,19,20). The molecule has 0 aliphatic heterocycles. The Morgan fingerprint density at radius 3 is 2.75 bits per heavy atom. The van der Waals surface area contributed by atoms with Crippen LogP contribution in [-0.2, 0) is 6.42 Å². The molecule has 100 valence electrons. The lowest BCUT2D eigenvalue weighted by atomic mass is 10.1. The van der Waals surface area contributed by atoms with Crippen molar-refractivity contribution in [3.63, 3.8) is 0 Å². The van der Waals surface area contributed by atoms with E-state index >= 15 is 0 Å². The van der Waals surface area contributed by atoms with Gasteiger partial charge in [0, 0.05) is 17.6 Å². The minimum Gasteiger partial charge on any atom is -0.478 e. The molecule has 0 atom stereocenters. The predicted molar refractivity (Wildman–Crippen MR) is 74.2 cm³/mol. The summed E-state index contributed by atoms with van der Waals surface area (Å²) in [6.07, 6.45) is 2.23. The van der Waals surface area contributed by atoms with Gasteiger partial charge in [-0.05, 0) is 23.8 Å². The quantitative estimate of drug-likeness (QED) is 0.804. The predicted octanol–water partition coefficient (Wildman–Crippen LogP) is 2.67. The van der Waals surface area contributed by atoms with E-state index in [4.69, 9.17) is 16.7 Å². The van der Waals surface area contributed by atoms with E-state index < -0.39 is 5.97 Å². The van der Waals surface area contributed by atoms with Crippen LogP contribution in [-0.4, -0.2) is 25.7 Å². The van der Waals surface area contributed by atoms with Gasteiger partial charge in [0.2, 0.25) is 0 Å². The van der Waals surface area contributed by atoms with Crippen molar-refractivity contribution in [1.82, 2.24) is 14.6 Å². The smallest absolute Gasteiger partial charge is 0.339 e. The van der Waals surface area contributed by atoms with Crippen molar-refractivity contribution in [2.24, 2.45) is 0 Å². The van der Waals surface area contributed by atoms with Crippen LogP contribution in [0.5, 0.6) is 0 Å². The summed E-state index contributed by atoms with van der Waals surface area (Å²) in [5.41, 5.74) is 1.39. The second-order valence-corrected chi connectivity index (χ2v) is 4.71. The van der Waals surface area contributed by atoms with Crippen molar-refractivity contribution in [3.05, 3.63) is 64.6 Å². The van der Waals surface area contributed by atoms with Gasteiger partial charge in [-0.15, -0.1) is 10.2 Å². The molecule has 0 aliphatic rings. The Morgan fingerprint density at radius 2 is 2.00 bits per heavy atom. The van der Waals surface area contributed by atoms with Crippen LogP contribution in [0.2, 0.25) is 5.02 Å². The number of benzene rings is 1. The molecule has 1 aromatic carbocycles. The zero-order valence-corrected chi connectivity index (χ0v) is 11.1. The van der Waals surface area contributed by atoms with Gasteiger partial charge >= 0.3 is 5.97 Å². The van der Waals surface area contributed by atoms with E-state index in [0.29, 0.717) is 22.9 Å². The Balaban J connectivity index is 2.08. The molecule has 0 fully saturated rings. The molecular weight excluding hydrogens is 278 g/mol. The summed E-state index contributed by atoms with van der Waals surface area (Å²) in [6.45, 7) is 0. The van der Waals surface area contributed by atoms with Crippen molar-refractivity contribution in [1.29, 1.82) is 0 Å². The molecule has 6 heteroatoms. The van der Waals surface area contributed by atoms with E-state index in [9.17, 15) is 4.79 Å². The Labute approximate surface area is 119 Å². The first kappa shape index (κ1) is 12.6. The lowest BCUT2D eigenvalue weighted by molar-refractivity contribution is 0.0698. The van der Waals surface area contributed by atoms with Crippen molar-refractivity contribution in [2.75, 3.05) is 0 Å². The van der Waals surface area contributed by atoms with Crippen LogP contribution in [0.1, 0.15) is 21.7 Å². The van der Waals surface area contributed by atoms with Gasteiger partial charge in [0.05, 0.1) is 0 Å². The summed E-state index contributed by atoms with van der Waals surface area (Å²) in [5.74, 6) is -0.372. The number of carbonyl (C=O) groups is 1. The lowest BCUT2D eigenvalue weighted by Gasteiger charge is -2.03. The van der Waals surface area contributed by atoms with Gasteiger partial charge in [-0.2, -0.15) is 0 Å². The number of aromatic carboxylic acids is 1. The normalized spacial score (nSPS) is 10.8. The van der Waals surface area contributed by atoms with Crippen LogP contribution >= 0.6 is 11.6 Å². The number of hydrogen-bond donors (Lipinski definition) is 1. The first-order valence-corrected chi connectivity index (χ1v) is 6.34. The molecule has 0 bridgehead atoms. The third-order valence-electron chi connectivity index (χ3n) is 3.04. The van der Waals surface area contributed by atoms with Gasteiger partial charge in [-0.25, -0.2) is 4.79 Å². The first-order valence-electron chi connectivity index (χ1n) is 5.96. The zero-order chi connectivity index (χ0) is 14.1. The van der Waals surface area contributed by atoms with Gasteiger partial charge < -0.3 is 5.11 Å². The van der Waals surface area contributed by atoms with Crippen LogP contribution in [0.3, 0.4) is 0 Å². The van der Waals surface area contributed by atoms with Crippen molar-refractivity contribution in [2.45, 2.75) is 6.42 Å². The summed E-state index contributed by atoms with van der Waals surface area (Å²) in [6, 6.07) is 10.6. The minimum atomic E-state index is -1.02. The summed E-state index contributed by atoms with van der Waals surface area (Å²) in [4.78, 5) is 11.1. The van der Waals surface area contributed by atoms with Gasteiger partial charge in [0.15, 0.2) is 5.65 Å². The van der Waals surface area contributed by atoms with E-state index in [2.05, 4.69) is 10.2 Å². The van der Waals surface area contributed by atoms with E-state index in [1.807, 2.05) is 24.3 Å². The SMILES string of the molecule is O=C(O)c1cccn2c(Cc3ccccc3Cl)nnc12. The molecule has 5 nitrogen and oxygen atoms in total. The molecule has 0 unspecified atom stereocenters. The summed E-state index contributed by atoms with van der Waals surface area (Å²) < 4.78 is 1.67. The van der Waals surface area contributed by atoms with E-state index in [0.717, 1.165) is 5.56 Å². The first-order chi connectivity index (χ1) is 9.66. The number of pyridine rings is 1. The number of hydrogen-bond acceptors (Lipinski definition) is 3. The van der Waals surface area contributed by atoms with Crippen LogP contribution < -0.4 is 0 Å². The van der Waals surface area contributed by atoms with Crippen LogP contribution in [0.25, 0.3) is 5.65 Å². The third-order valence-corrected chi connectivity index (χ3v) is 3.41. The highest BCUT2D eigenvalue weighted by atomic mass is 35.5. The molecule has 0 amide bonds. The number of halogens is 1.